The Kier molecular flexibility index (Phi) is 2.64. The zero-order valence-electron chi connectivity index (χ0n) is 9.65. The standard InChI is InChI=1S/C16H13Br/c1-11(17)16-14-8-4-2-6-12(14)10-13-7-3-5-9-15(13)16/h2-11H,1H3. The van der Waals surface area contributed by atoms with E-state index in [4.69, 9.17) is 0 Å². The van der Waals surface area contributed by atoms with Crippen LogP contribution in [-0.2, 0) is 0 Å². The number of fused-ring (bicyclic) bond motifs is 2. The van der Waals surface area contributed by atoms with Crippen LogP contribution in [0.2, 0.25) is 0 Å². The Morgan fingerprint density at radius 2 is 1.29 bits per heavy atom. The van der Waals surface area contributed by atoms with Gasteiger partial charge in [-0.1, -0.05) is 64.5 Å². The van der Waals surface area contributed by atoms with E-state index in [0.29, 0.717) is 4.83 Å². The molecule has 0 nitrogen and oxygen atoms in total. The topological polar surface area (TPSA) is 0 Å². The minimum atomic E-state index is 0.360. The van der Waals surface area contributed by atoms with E-state index in [1.54, 1.807) is 0 Å². The zero-order valence-corrected chi connectivity index (χ0v) is 11.2. The largest absolute Gasteiger partial charge is 0.0841 e. The Balaban J connectivity index is 2.56. The molecule has 1 atom stereocenters. The summed E-state index contributed by atoms with van der Waals surface area (Å²) < 4.78 is 0. The van der Waals surface area contributed by atoms with Crippen molar-refractivity contribution >= 4 is 37.5 Å². The van der Waals surface area contributed by atoms with Crippen molar-refractivity contribution in [2.24, 2.45) is 0 Å². The Morgan fingerprint density at radius 1 is 0.824 bits per heavy atom. The summed E-state index contributed by atoms with van der Waals surface area (Å²) in [5.74, 6) is 0. The Morgan fingerprint density at radius 3 is 1.76 bits per heavy atom. The normalized spacial score (nSPS) is 13.1. The van der Waals surface area contributed by atoms with Crippen LogP contribution in [-0.4, -0.2) is 0 Å². The highest BCUT2D eigenvalue weighted by Gasteiger charge is 2.10. The van der Waals surface area contributed by atoms with Crippen molar-refractivity contribution in [2.45, 2.75) is 11.8 Å². The SMILES string of the molecule is CC(Br)c1c2ccccc2cc2ccccc12. The first-order valence-corrected chi connectivity index (χ1v) is 6.73. The molecule has 0 aliphatic carbocycles. The monoisotopic (exact) mass is 284 g/mol. The maximum Gasteiger partial charge on any atom is 0.0379 e. The minimum absolute atomic E-state index is 0.360. The molecule has 0 aromatic heterocycles. The fraction of sp³-hybridized carbons (Fsp3) is 0.125. The van der Waals surface area contributed by atoms with Crippen LogP contribution in [0.5, 0.6) is 0 Å². The van der Waals surface area contributed by atoms with Gasteiger partial charge in [0.2, 0.25) is 0 Å². The lowest BCUT2D eigenvalue weighted by molar-refractivity contribution is 1.16. The van der Waals surface area contributed by atoms with Gasteiger partial charge in [0.15, 0.2) is 0 Å². The van der Waals surface area contributed by atoms with E-state index in [-0.39, 0.29) is 0 Å². The molecule has 0 N–H and O–H groups in total. The third-order valence-corrected chi connectivity index (χ3v) is 3.67. The van der Waals surface area contributed by atoms with E-state index in [1.165, 1.54) is 27.1 Å². The first-order valence-electron chi connectivity index (χ1n) is 5.82. The van der Waals surface area contributed by atoms with Gasteiger partial charge >= 0.3 is 0 Å². The van der Waals surface area contributed by atoms with E-state index in [1.807, 2.05) is 0 Å². The van der Waals surface area contributed by atoms with Crippen molar-refractivity contribution in [2.75, 3.05) is 0 Å². The van der Waals surface area contributed by atoms with Crippen LogP contribution in [0.25, 0.3) is 21.5 Å². The smallest absolute Gasteiger partial charge is 0.0379 e. The average molecular weight is 285 g/mol. The maximum atomic E-state index is 3.72. The van der Waals surface area contributed by atoms with Gasteiger partial charge in [0.05, 0.1) is 0 Å². The lowest BCUT2D eigenvalue weighted by Gasteiger charge is -2.13. The summed E-state index contributed by atoms with van der Waals surface area (Å²) in [5, 5.41) is 5.31. The van der Waals surface area contributed by atoms with Crippen molar-refractivity contribution in [1.82, 2.24) is 0 Å². The van der Waals surface area contributed by atoms with Gasteiger partial charge in [-0.25, -0.2) is 0 Å². The first kappa shape index (κ1) is 10.8. The number of benzene rings is 3. The molecule has 0 heterocycles. The third kappa shape index (κ3) is 1.75. The van der Waals surface area contributed by atoms with Crippen molar-refractivity contribution < 1.29 is 0 Å². The lowest BCUT2D eigenvalue weighted by Crippen LogP contribution is -1.89. The molecule has 0 saturated heterocycles. The molecule has 1 heteroatoms. The maximum absolute atomic E-state index is 3.72. The first-order chi connectivity index (χ1) is 8.27. The van der Waals surface area contributed by atoms with Crippen molar-refractivity contribution in [1.29, 1.82) is 0 Å². The van der Waals surface area contributed by atoms with E-state index >= 15 is 0 Å². The van der Waals surface area contributed by atoms with Gasteiger partial charge in [-0.15, -0.1) is 0 Å². The number of hydrogen-bond donors (Lipinski definition) is 0. The highest BCUT2D eigenvalue weighted by molar-refractivity contribution is 9.09. The molecule has 84 valence electrons. The van der Waals surface area contributed by atoms with Gasteiger partial charge in [0.1, 0.15) is 0 Å². The number of hydrogen-bond acceptors (Lipinski definition) is 0. The molecular formula is C16H13Br. The Hall–Kier alpha value is -1.34. The van der Waals surface area contributed by atoms with E-state index < -0.39 is 0 Å². The van der Waals surface area contributed by atoms with Gasteiger partial charge in [-0.3, -0.25) is 0 Å². The molecule has 0 fully saturated rings. The van der Waals surface area contributed by atoms with Gasteiger partial charge < -0.3 is 0 Å². The second-order valence-electron chi connectivity index (χ2n) is 4.35. The second-order valence-corrected chi connectivity index (χ2v) is 5.72. The molecule has 0 aliphatic heterocycles. The molecular weight excluding hydrogens is 272 g/mol. The predicted molar refractivity (Wildman–Crippen MR) is 78.8 cm³/mol. The molecule has 17 heavy (non-hydrogen) atoms. The molecule has 0 aliphatic rings. The molecule has 0 bridgehead atoms. The minimum Gasteiger partial charge on any atom is -0.0841 e. The predicted octanol–water partition coefficient (Wildman–Crippen LogP) is 5.45. The van der Waals surface area contributed by atoms with Crippen molar-refractivity contribution in [3.63, 3.8) is 0 Å². The van der Waals surface area contributed by atoms with Crippen LogP contribution < -0.4 is 0 Å². The fourth-order valence-corrected chi connectivity index (χ4v) is 2.97. The summed E-state index contributed by atoms with van der Waals surface area (Å²) in [6.45, 7) is 2.19. The van der Waals surface area contributed by atoms with E-state index in [2.05, 4.69) is 77.5 Å². The summed E-state index contributed by atoms with van der Waals surface area (Å²) in [4.78, 5) is 0.360. The molecule has 0 saturated carbocycles. The molecule has 3 rings (SSSR count). The Labute approximate surface area is 109 Å². The van der Waals surface area contributed by atoms with Crippen LogP contribution >= 0.6 is 15.9 Å². The number of rotatable bonds is 1. The van der Waals surface area contributed by atoms with Crippen LogP contribution in [0.3, 0.4) is 0 Å². The summed E-state index contributed by atoms with van der Waals surface area (Å²) in [6, 6.07) is 19.4. The molecule has 0 amide bonds. The van der Waals surface area contributed by atoms with Gasteiger partial charge in [0, 0.05) is 4.83 Å². The summed E-state index contributed by atoms with van der Waals surface area (Å²) in [5.41, 5.74) is 1.39. The highest BCUT2D eigenvalue weighted by atomic mass is 79.9. The number of alkyl halides is 1. The molecule has 1 unspecified atom stereocenters. The van der Waals surface area contributed by atoms with Gasteiger partial charge in [-0.05, 0) is 40.1 Å². The van der Waals surface area contributed by atoms with Crippen LogP contribution in [0.1, 0.15) is 17.3 Å². The van der Waals surface area contributed by atoms with Crippen molar-refractivity contribution in [3.05, 3.63) is 60.2 Å². The fourth-order valence-electron chi connectivity index (χ4n) is 2.48. The highest BCUT2D eigenvalue weighted by Crippen LogP contribution is 2.36. The second kappa shape index (κ2) is 4.15. The molecule has 0 spiro atoms. The summed E-state index contributed by atoms with van der Waals surface area (Å²) in [7, 11) is 0. The quantitative estimate of drug-likeness (QED) is 0.412. The van der Waals surface area contributed by atoms with Gasteiger partial charge in [-0.2, -0.15) is 0 Å². The van der Waals surface area contributed by atoms with Crippen LogP contribution in [0.4, 0.5) is 0 Å². The zero-order chi connectivity index (χ0) is 11.8. The van der Waals surface area contributed by atoms with E-state index in [0.717, 1.165) is 0 Å². The van der Waals surface area contributed by atoms with Crippen molar-refractivity contribution in [3.8, 4) is 0 Å². The van der Waals surface area contributed by atoms with Crippen LogP contribution in [0.15, 0.2) is 54.6 Å². The average Bonchev–Trinajstić information content (AvgIpc) is 2.35. The van der Waals surface area contributed by atoms with E-state index in [9.17, 15) is 0 Å². The van der Waals surface area contributed by atoms with Gasteiger partial charge in [0.25, 0.3) is 0 Å². The summed E-state index contributed by atoms with van der Waals surface area (Å²) >= 11 is 3.72. The molecule has 3 aromatic rings. The molecule has 3 aromatic carbocycles. The Bertz CT molecular complexity index is 629. The summed E-state index contributed by atoms with van der Waals surface area (Å²) in [6.07, 6.45) is 0. The molecule has 0 radical (unpaired) electrons. The number of halogens is 1. The third-order valence-electron chi connectivity index (χ3n) is 3.21. The lowest BCUT2D eigenvalue weighted by atomic mass is 9.95. The van der Waals surface area contributed by atoms with Crippen LogP contribution in [0, 0.1) is 0 Å².